The SMILES string of the molecule is CC(=O)N/C(=C\c1ccccc1)C(=O)OCC(=O)NCCc1ccc(F)cc1. The molecule has 2 aromatic rings. The van der Waals surface area contributed by atoms with Crippen LogP contribution in [0.5, 0.6) is 0 Å². The van der Waals surface area contributed by atoms with Gasteiger partial charge in [0.2, 0.25) is 5.91 Å². The highest BCUT2D eigenvalue weighted by molar-refractivity contribution is 5.98. The van der Waals surface area contributed by atoms with Gasteiger partial charge in [0.05, 0.1) is 0 Å². The Balaban J connectivity index is 1.83. The third kappa shape index (κ3) is 7.41. The molecule has 146 valence electrons. The average molecular weight is 384 g/mol. The maximum atomic E-state index is 12.8. The lowest BCUT2D eigenvalue weighted by Crippen LogP contribution is -2.32. The summed E-state index contributed by atoms with van der Waals surface area (Å²) in [6.07, 6.45) is 1.99. The van der Waals surface area contributed by atoms with Gasteiger partial charge in [-0.25, -0.2) is 9.18 Å². The van der Waals surface area contributed by atoms with Crippen molar-refractivity contribution in [2.75, 3.05) is 13.2 Å². The zero-order chi connectivity index (χ0) is 20.4. The lowest BCUT2D eigenvalue weighted by Gasteiger charge is -2.10. The van der Waals surface area contributed by atoms with Gasteiger partial charge >= 0.3 is 5.97 Å². The van der Waals surface area contributed by atoms with Crippen molar-refractivity contribution in [2.45, 2.75) is 13.3 Å². The van der Waals surface area contributed by atoms with Crippen LogP contribution in [-0.4, -0.2) is 30.9 Å². The molecule has 2 N–H and O–H groups in total. The Morgan fingerprint density at radius 1 is 1.04 bits per heavy atom. The summed E-state index contributed by atoms with van der Waals surface area (Å²) >= 11 is 0. The number of halogens is 1. The van der Waals surface area contributed by atoms with Crippen LogP contribution in [0.3, 0.4) is 0 Å². The summed E-state index contributed by atoms with van der Waals surface area (Å²) in [7, 11) is 0. The molecule has 0 aliphatic heterocycles. The normalized spacial score (nSPS) is 10.9. The minimum absolute atomic E-state index is 0.0576. The zero-order valence-corrected chi connectivity index (χ0v) is 15.4. The Hall–Kier alpha value is -3.48. The molecule has 0 aliphatic rings. The second-order valence-electron chi connectivity index (χ2n) is 5.95. The van der Waals surface area contributed by atoms with E-state index in [2.05, 4.69) is 10.6 Å². The van der Waals surface area contributed by atoms with Gasteiger partial charge in [0, 0.05) is 13.5 Å². The highest BCUT2D eigenvalue weighted by Gasteiger charge is 2.14. The second kappa shape index (κ2) is 10.6. The van der Waals surface area contributed by atoms with Crippen molar-refractivity contribution in [3.63, 3.8) is 0 Å². The van der Waals surface area contributed by atoms with E-state index in [0.717, 1.165) is 5.56 Å². The van der Waals surface area contributed by atoms with Gasteiger partial charge in [0.1, 0.15) is 11.5 Å². The van der Waals surface area contributed by atoms with Gasteiger partial charge in [-0.05, 0) is 35.8 Å². The van der Waals surface area contributed by atoms with Crippen LogP contribution in [0.1, 0.15) is 18.1 Å². The van der Waals surface area contributed by atoms with Crippen molar-refractivity contribution in [1.29, 1.82) is 0 Å². The van der Waals surface area contributed by atoms with Gasteiger partial charge in [0.25, 0.3) is 5.91 Å². The molecule has 28 heavy (non-hydrogen) atoms. The van der Waals surface area contributed by atoms with Crippen molar-refractivity contribution >= 4 is 23.9 Å². The van der Waals surface area contributed by atoms with Crippen molar-refractivity contribution in [3.05, 3.63) is 77.2 Å². The second-order valence-corrected chi connectivity index (χ2v) is 5.95. The van der Waals surface area contributed by atoms with Crippen LogP contribution in [0.15, 0.2) is 60.3 Å². The Morgan fingerprint density at radius 2 is 1.71 bits per heavy atom. The van der Waals surface area contributed by atoms with E-state index in [-0.39, 0.29) is 11.5 Å². The lowest BCUT2D eigenvalue weighted by molar-refractivity contribution is -0.145. The van der Waals surface area contributed by atoms with E-state index < -0.39 is 24.4 Å². The van der Waals surface area contributed by atoms with Gasteiger partial charge in [-0.2, -0.15) is 0 Å². The van der Waals surface area contributed by atoms with Crippen molar-refractivity contribution in [3.8, 4) is 0 Å². The fourth-order valence-corrected chi connectivity index (χ4v) is 2.31. The third-order valence-corrected chi connectivity index (χ3v) is 3.62. The van der Waals surface area contributed by atoms with Crippen LogP contribution >= 0.6 is 0 Å². The lowest BCUT2D eigenvalue weighted by atomic mass is 10.1. The summed E-state index contributed by atoms with van der Waals surface area (Å²) in [6, 6.07) is 14.9. The van der Waals surface area contributed by atoms with Gasteiger partial charge in [-0.3, -0.25) is 9.59 Å². The molecule has 2 amide bonds. The van der Waals surface area contributed by atoms with E-state index in [1.165, 1.54) is 25.1 Å². The van der Waals surface area contributed by atoms with E-state index in [1.807, 2.05) is 6.07 Å². The highest BCUT2D eigenvalue weighted by atomic mass is 19.1. The first-order chi connectivity index (χ1) is 13.4. The van der Waals surface area contributed by atoms with Crippen LogP contribution in [0.4, 0.5) is 4.39 Å². The maximum absolute atomic E-state index is 12.8. The highest BCUT2D eigenvalue weighted by Crippen LogP contribution is 2.06. The van der Waals surface area contributed by atoms with Crippen molar-refractivity contribution in [2.24, 2.45) is 0 Å². The van der Waals surface area contributed by atoms with E-state index in [0.29, 0.717) is 18.5 Å². The fraction of sp³-hybridized carbons (Fsp3) is 0.190. The number of carbonyl (C=O) groups is 3. The van der Waals surface area contributed by atoms with Crippen molar-refractivity contribution in [1.82, 2.24) is 10.6 Å². The molecular weight excluding hydrogens is 363 g/mol. The largest absolute Gasteiger partial charge is 0.451 e. The molecule has 0 bridgehead atoms. The molecule has 6 nitrogen and oxygen atoms in total. The predicted molar refractivity (Wildman–Crippen MR) is 102 cm³/mol. The molecule has 0 aliphatic carbocycles. The minimum atomic E-state index is -0.812. The van der Waals surface area contributed by atoms with Gasteiger partial charge in [-0.15, -0.1) is 0 Å². The number of amides is 2. The Labute approximate surface area is 162 Å². The topological polar surface area (TPSA) is 84.5 Å². The van der Waals surface area contributed by atoms with E-state index >= 15 is 0 Å². The van der Waals surface area contributed by atoms with Crippen LogP contribution in [0.25, 0.3) is 6.08 Å². The molecule has 0 saturated heterocycles. The molecule has 2 rings (SSSR count). The Morgan fingerprint density at radius 3 is 2.36 bits per heavy atom. The van der Waals surface area contributed by atoms with Crippen LogP contribution in [0, 0.1) is 5.82 Å². The summed E-state index contributed by atoms with van der Waals surface area (Å²) in [5.74, 6) is -2.04. The van der Waals surface area contributed by atoms with Crippen LogP contribution in [-0.2, 0) is 25.5 Å². The summed E-state index contributed by atoms with van der Waals surface area (Å²) < 4.78 is 17.8. The fourth-order valence-electron chi connectivity index (χ4n) is 2.31. The molecule has 0 spiro atoms. The molecule has 0 fully saturated rings. The number of nitrogens with one attached hydrogen (secondary N) is 2. The summed E-state index contributed by atoms with van der Waals surface area (Å²) in [5.41, 5.74) is 1.52. The number of benzene rings is 2. The zero-order valence-electron chi connectivity index (χ0n) is 15.4. The molecule has 7 heteroatoms. The van der Waals surface area contributed by atoms with Crippen molar-refractivity contribution < 1.29 is 23.5 Å². The molecule has 0 radical (unpaired) electrons. The quantitative estimate of drug-likeness (QED) is 0.540. The van der Waals surface area contributed by atoms with E-state index in [9.17, 15) is 18.8 Å². The monoisotopic (exact) mass is 384 g/mol. The van der Waals surface area contributed by atoms with Gasteiger partial charge < -0.3 is 15.4 Å². The molecule has 0 atom stereocenters. The Bertz CT molecular complexity index is 848. The predicted octanol–water partition coefficient (Wildman–Crippen LogP) is 2.20. The van der Waals surface area contributed by atoms with E-state index in [1.54, 1.807) is 36.4 Å². The molecule has 0 aromatic heterocycles. The third-order valence-electron chi connectivity index (χ3n) is 3.62. The Kier molecular flexibility index (Phi) is 7.90. The number of rotatable bonds is 8. The minimum Gasteiger partial charge on any atom is -0.451 e. The van der Waals surface area contributed by atoms with Gasteiger partial charge in [-0.1, -0.05) is 42.5 Å². The number of ether oxygens (including phenoxy) is 1. The molecular formula is C21H21FN2O4. The van der Waals surface area contributed by atoms with Crippen LogP contribution < -0.4 is 10.6 Å². The van der Waals surface area contributed by atoms with Crippen LogP contribution in [0.2, 0.25) is 0 Å². The molecule has 2 aromatic carbocycles. The van der Waals surface area contributed by atoms with Gasteiger partial charge in [0.15, 0.2) is 6.61 Å². The molecule has 0 saturated carbocycles. The first-order valence-corrected chi connectivity index (χ1v) is 8.66. The van der Waals surface area contributed by atoms with E-state index in [4.69, 9.17) is 4.74 Å². The summed E-state index contributed by atoms with van der Waals surface area (Å²) in [5, 5.41) is 5.02. The maximum Gasteiger partial charge on any atom is 0.355 e. The number of esters is 1. The standard InChI is InChI=1S/C21H21FN2O4/c1-15(25)24-19(13-17-5-3-2-4-6-17)21(27)28-14-20(26)23-12-11-16-7-9-18(22)10-8-16/h2-10,13H,11-12,14H2,1H3,(H,23,26)(H,24,25)/b19-13-. The molecule has 0 unspecified atom stereocenters. The smallest absolute Gasteiger partial charge is 0.355 e. The summed E-state index contributed by atoms with van der Waals surface area (Å²) in [4.78, 5) is 35.4. The number of hydrogen-bond donors (Lipinski definition) is 2. The first kappa shape index (κ1) is 20.8. The average Bonchev–Trinajstić information content (AvgIpc) is 2.67. The number of hydrogen-bond acceptors (Lipinski definition) is 4. The summed E-state index contributed by atoms with van der Waals surface area (Å²) in [6.45, 7) is 1.11. The number of carbonyl (C=O) groups excluding carboxylic acids is 3. The molecule has 0 heterocycles. The first-order valence-electron chi connectivity index (χ1n) is 8.66.